The number of ether oxygens (including phenoxy) is 2. The molecule has 0 saturated carbocycles. The predicted molar refractivity (Wildman–Crippen MR) is 89.8 cm³/mol. The van der Waals surface area contributed by atoms with Crippen molar-refractivity contribution in [2.45, 2.75) is 24.5 Å². The van der Waals surface area contributed by atoms with E-state index in [0.717, 1.165) is 0 Å². The first-order chi connectivity index (χ1) is 12.4. The molecule has 0 aromatic heterocycles. The number of nitrogens with one attached hydrogen (secondary N) is 1. The van der Waals surface area contributed by atoms with Crippen molar-refractivity contribution < 1.29 is 27.8 Å². The zero-order valence-electron chi connectivity index (χ0n) is 14.0. The largest absolute Gasteiger partial charge is 0.573 e. The van der Waals surface area contributed by atoms with E-state index < -0.39 is 18.1 Å². The Bertz CT molecular complexity index is 717. The number of halogens is 3. The molecule has 4 nitrogen and oxygen atoms in total. The van der Waals surface area contributed by atoms with Crippen LogP contribution in [-0.2, 0) is 16.8 Å². The maximum Gasteiger partial charge on any atom is 0.573 e. The van der Waals surface area contributed by atoms with E-state index in [2.05, 4.69) is 10.1 Å². The molecule has 2 N–H and O–H groups in total. The number of hydrogen-bond donors (Lipinski definition) is 2. The summed E-state index contributed by atoms with van der Waals surface area (Å²) in [5.41, 5.74) is -0.666. The monoisotopic (exact) mass is 367 g/mol. The molecular weight excluding hydrogens is 347 g/mol. The standard InChI is InChI=1S/C19H20F3NO3/c20-19(21,22)26-16-9-5-4-6-14(16)12-18(24,15-7-2-1-3-8-15)17-13-23-10-11-25-17/h1-9,17,23-24H,10-13H2/t17-,18?/m0/s1. The van der Waals surface area contributed by atoms with Crippen LogP contribution in [0.2, 0.25) is 0 Å². The molecule has 0 amide bonds. The van der Waals surface area contributed by atoms with Gasteiger partial charge in [-0.05, 0) is 17.2 Å². The highest BCUT2D eigenvalue weighted by atomic mass is 19.4. The van der Waals surface area contributed by atoms with Crippen LogP contribution in [0.5, 0.6) is 5.75 Å². The minimum atomic E-state index is -4.80. The Hall–Kier alpha value is -2.09. The van der Waals surface area contributed by atoms with Crippen LogP contribution in [0.1, 0.15) is 11.1 Å². The number of aliphatic hydroxyl groups is 1. The van der Waals surface area contributed by atoms with Gasteiger partial charge in [0.25, 0.3) is 0 Å². The average Bonchev–Trinajstić information content (AvgIpc) is 2.63. The van der Waals surface area contributed by atoms with Crippen molar-refractivity contribution in [1.82, 2.24) is 5.32 Å². The van der Waals surface area contributed by atoms with E-state index in [1.54, 1.807) is 30.3 Å². The van der Waals surface area contributed by atoms with Crippen LogP contribution in [0.25, 0.3) is 0 Å². The van der Waals surface area contributed by atoms with E-state index in [-0.39, 0.29) is 17.7 Å². The summed E-state index contributed by atoms with van der Waals surface area (Å²) in [5, 5.41) is 14.6. The number of benzene rings is 2. The molecule has 26 heavy (non-hydrogen) atoms. The Labute approximate surface area is 149 Å². The summed E-state index contributed by atoms with van der Waals surface area (Å²) in [4.78, 5) is 0. The highest BCUT2D eigenvalue weighted by Gasteiger charge is 2.41. The van der Waals surface area contributed by atoms with Crippen molar-refractivity contribution >= 4 is 0 Å². The first-order valence-electron chi connectivity index (χ1n) is 8.32. The lowest BCUT2D eigenvalue weighted by molar-refractivity contribution is -0.275. The van der Waals surface area contributed by atoms with Gasteiger partial charge in [-0.3, -0.25) is 0 Å². The van der Waals surface area contributed by atoms with Gasteiger partial charge in [-0.1, -0.05) is 48.5 Å². The Balaban J connectivity index is 1.97. The van der Waals surface area contributed by atoms with E-state index in [1.165, 1.54) is 18.2 Å². The van der Waals surface area contributed by atoms with Crippen molar-refractivity contribution in [2.75, 3.05) is 19.7 Å². The second kappa shape index (κ2) is 7.65. The summed E-state index contributed by atoms with van der Waals surface area (Å²) in [6.45, 7) is 1.48. The van der Waals surface area contributed by atoms with Crippen molar-refractivity contribution in [1.29, 1.82) is 0 Å². The van der Waals surface area contributed by atoms with Crippen LogP contribution in [0.15, 0.2) is 54.6 Å². The molecule has 1 aliphatic rings. The van der Waals surface area contributed by atoms with Gasteiger partial charge in [0.05, 0.1) is 6.61 Å². The fourth-order valence-corrected chi connectivity index (χ4v) is 3.17. The molecule has 1 heterocycles. The van der Waals surface area contributed by atoms with E-state index in [1.807, 2.05) is 6.07 Å². The van der Waals surface area contributed by atoms with Gasteiger partial charge in [-0.2, -0.15) is 0 Å². The fraction of sp³-hybridized carbons (Fsp3) is 0.368. The zero-order chi connectivity index (χ0) is 18.6. The third-order valence-electron chi connectivity index (χ3n) is 4.39. The fourth-order valence-electron chi connectivity index (χ4n) is 3.17. The summed E-state index contributed by atoms with van der Waals surface area (Å²) in [7, 11) is 0. The van der Waals surface area contributed by atoms with Gasteiger partial charge in [0.2, 0.25) is 0 Å². The van der Waals surface area contributed by atoms with Gasteiger partial charge in [0.1, 0.15) is 17.5 Å². The maximum absolute atomic E-state index is 12.7. The summed E-state index contributed by atoms with van der Waals surface area (Å²) in [6.07, 6.45) is -5.47. The summed E-state index contributed by atoms with van der Waals surface area (Å²) < 4.78 is 48.0. The van der Waals surface area contributed by atoms with Crippen LogP contribution in [0.4, 0.5) is 13.2 Å². The molecule has 0 radical (unpaired) electrons. The van der Waals surface area contributed by atoms with Crippen LogP contribution in [-0.4, -0.2) is 37.3 Å². The lowest BCUT2D eigenvalue weighted by Gasteiger charge is -2.39. The molecule has 1 fully saturated rings. The first-order valence-corrected chi connectivity index (χ1v) is 8.32. The number of hydrogen-bond acceptors (Lipinski definition) is 4. The van der Waals surface area contributed by atoms with Crippen LogP contribution >= 0.6 is 0 Å². The molecule has 3 rings (SSSR count). The molecule has 0 spiro atoms. The van der Waals surface area contributed by atoms with Crippen LogP contribution < -0.4 is 10.1 Å². The molecule has 7 heteroatoms. The van der Waals surface area contributed by atoms with Crippen LogP contribution in [0.3, 0.4) is 0 Å². The third kappa shape index (κ3) is 4.35. The zero-order valence-corrected chi connectivity index (χ0v) is 14.0. The van der Waals surface area contributed by atoms with Crippen molar-refractivity contribution in [3.05, 3.63) is 65.7 Å². The quantitative estimate of drug-likeness (QED) is 0.853. The number of para-hydroxylation sites is 1. The second-order valence-electron chi connectivity index (χ2n) is 6.19. The maximum atomic E-state index is 12.7. The Kier molecular flexibility index (Phi) is 5.50. The molecule has 2 aromatic rings. The Morgan fingerprint density at radius 2 is 1.77 bits per heavy atom. The summed E-state index contributed by atoms with van der Waals surface area (Å²) in [6, 6.07) is 14.7. The molecule has 140 valence electrons. The van der Waals surface area contributed by atoms with Crippen molar-refractivity contribution in [3.8, 4) is 5.75 Å². The van der Waals surface area contributed by atoms with E-state index >= 15 is 0 Å². The third-order valence-corrected chi connectivity index (χ3v) is 4.39. The predicted octanol–water partition coefficient (Wildman–Crippen LogP) is 3.00. The summed E-state index contributed by atoms with van der Waals surface area (Å²) in [5.74, 6) is -0.321. The smallest absolute Gasteiger partial charge is 0.406 e. The van der Waals surface area contributed by atoms with Crippen LogP contribution in [0, 0.1) is 0 Å². The van der Waals surface area contributed by atoms with E-state index in [9.17, 15) is 18.3 Å². The Morgan fingerprint density at radius 1 is 1.08 bits per heavy atom. The minimum absolute atomic E-state index is 0.0738. The summed E-state index contributed by atoms with van der Waals surface area (Å²) >= 11 is 0. The highest BCUT2D eigenvalue weighted by Crippen LogP contribution is 2.36. The van der Waals surface area contributed by atoms with Gasteiger partial charge in [-0.15, -0.1) is 13.2 Å². The lowest BCUT2D eigenvalue weighted by atomic mass is 9.81. The Morgan fingerprint density at radius 3 is 2.42 bits per heavy atom. The molecule has 1 unspecified atom stereocenters. The molecule has 0 aliphatic carbocycles. The normalized spacial score (nSPS) is 20.4. The number of alkyl halides is 3. The van der Waals surface area contributed by atoms with E-state index in [4.69, 9.17) is 4.74 Å². The lowest BCUT2D eigenvalue weighted by Crippen LogP contribution is -2.52. The van der Waals surface area contributed by atoms with E-state index in [0.29, 0.717) is 25.3 Å². The van der Waals surface area contributed by atoms with Gasteiger partial charge in [0, 0.05) is 19.5 Å². The van der Waals surface area contributed by atoms with Crippen molar-refractivity contribution in [2.24, 2.45) is 0 Å². The minimum Gasteiger partial charge on any atom is -0.406 e. The topological polar surface area (TPSA) is 50.7 Å². The molecular formula is C19H20F3NO3. The number of morpholine rings is 1. The number of rotatable bonds is 5. The SMILES string of the molecule is OC(Cc1ccccc1OC(F)(F)F)(c1ccccc1)[C@@H]1CNCCO1. The van der Waals surface area contributed by atoms with Gasteiger partial charge >= 0.3 is 6.36 Å². The highest BCUT2D eigenvalue weighted by molar-refractivity contribution is 5.37. The second-order valence-corrected chi connectivity index (χ2v) is 6.19. The van der Waals surface area contributed by atoms with Gasteiger partial charge < -0.3 is 19.9 Å². The molecule has 2 atom stereocenters. The molecule has 2 aromatic carbocycles. The van der Waals surface area contributed by atoms with Gasteiger partial charge in [-0.25, -0.2) is 0 Å². The molecule has 1 aliphatic heterocycles. The average molecular weight is 367 g/mol. The van der Waals surface area contributed by atoms with Crippen molar-refractivity contribution in [3.63, 3.8) is 0 Å². The van der Waals surface area contributed by atoms with Gasteiger partial charge in [0.15, 0.2) is 0 Å². The first kappa shape index (κ1) is 18.7. The molecule has 1 saturated heterocycles. The molecule has 0 bridgehead atoms.